The van der Waals surface area contributed by atoms with E-state index in [0.29, 0.717) is 6.54 Å². The van der Waals surface area contributed by atoms with E-state index in [4.69, 9.17) is 4.74 Å². The normalized spacial score (nSPS) is 22.9. The number of anilines is 1. The molecule has 0 saturated carbocycles. The lowest BCUT2D eigenvalue weighted by atomic mass is 10.2. The van der Waals surface area contributed by atoms with Crippen molar-refractivity contribution in [1.29, 1.82) is 0 Å². The number of hydrogen-bond acceptors (Lipinski definition) is 4. The minimum atomic E-state index is -0.403. The second kappa shape index (κ2) is 8.69. The maximum atomic E-state index is 13.8. The summed E-state index contributed by atoms with van der Waals surface area (Å²) >= 11 is 1.89. The Morgan fingerprint density at radius 2 is 2.08 bits per heavy atom. The number of amides is 2. The molecule has 7 heteroatoms. The van der Waals surface area contributed by atoms with Crippen LogP contribution in [0.5, 0.6) is 0 Å². The third kappa shape index (κ3) is 4.62. The zero-order valence-electron chi connectivity index (χ0n) is 13.7. The Morgan fingerprint density at radius 3 is 2.88 bits per heavy atom. The lowest BCUT2D eigenvalue weighted by Crippen LogP contribution is -2.51. The van der Waals surface area contributed by atoms with Gasteiger partial charge in [-0.2, -0.15) is 11.8 Å². The fraction of sp³-hybridized carbons (Fsp3) is 0.588. The third-order valence-electron chi connectivity index (χ3n) is 4.39. The number of carbonyl (C=O) groups is 1. The molecule has 0 spiro atoms. The lowest BCUT2D eigenvalue weighted by molar-refractivity contribution is 0.0288. The Kier molecular flexibility index (Phi) is 6.34. The van der Waals surface area contributed by atoms with E-state index in [1.165, 1.54) is 6.07 Å². The lowest BCUT2D eigenvalue weighted by Gasteiger charge is -2.35. The van der Waals surface area contributed by atoms with Gasteiger partial charge in [-0.1, -0.05) is 12.1 Å². The number of urea groups is 1. The number of nitrogens with one attached hydrogen (secondary N) is 1. The molecular weight excluding hydrogens is 329 g/mol. The average molecular weight is 353 g/mol. The first-order valence-electron chi connectivity index (χ1n) is 8.44. The van der Waals surface area contributed by atoms with Crippen molar-refractivity contribution in [3.63, 3.8) is 0 Å². The molecule has 2 aliphatic rings. The molecule has 2 heterocycles. The number of benzene rings is 1. The molecule has 5 nitrogen and oxygen atoms in total. The van der Waals surface area contributed by atoms with Crippen molar-refractivity contribution in [2.24, 2.45) is 0 Å². The molecule has 1 atom stereocenters. The van der Waals surface area contributed by atoms with Gasteiger partial charge in [-0.05, 0) is 24.3 Å². The van der Waals surface area contributed by atoms with Crippen LogP contribution in [0.25, 0.3) is 0 Å². The molecule has 132 valence electrons. The van der Waals surface area contributed by atoms with Crippen LogP contribution in [0, 0.1) is 5.82 Å². The van der Waals surface area contributed by atoms with Crippen molar-refractivity contribution < 1.29 is 13.9 Å². The van der Waals surface area contributed by atoms with Crippen LogP contribution in [-0.2, 0) is 4.74 Å². The van der Waals surface area contributed by atoms with Crippen LogP contribution >= 0.6 is 11.8 Å². The summed E-state index contributed by atoms with van der Waals surface area (Å²) in [5.41, 5.74) is 0.240. The van der Waals surface area contributed by atoms with Gasteiger partial charge in [-0.3, -0.25) is 4.90 Å². The fourth-order valence-electron chi connectivity index (χ4n) is 3.08. The van der Waals surface area contributed by atoms with E-state index < -0.39 is 5.82 Å². The van der Waals surface area contributed by atoms with E-state index in [0.717, 1.165) is 50.8 Å². The zero-order chi connectivity index (χ0) is 16.8. The van der Waals surface area contributed by atoms with Crippen LogP contribution in [0.3, 0.4) is 0 Å². The van der Waals surface area contributed by atoms with E-state index in [-0.39, 0.29) is 17.8 Å². The van der Waals surface area contributed by atoms with E-state index in [2.05, 4.69) is 10.2 Å². The molecule has 0 radical (unpaired) electrons. The van der Waals surface area contributed by atoms with E-state index in [9.17, 15) is 9.18 Å². The average Bonchev–Trinajstić information content (AvgIpc) is 2.83. The van der Waals surface area contributed by atoms with Crippen LogP contribution < -0.4 is 5.32 Å². The number of thioether (sulfide) groups is 1. The molecule has 2 amide bonds. The van der Waals surface area contributed by atoms with Crippen molar-refractivity contribution >= 4 is 23.5 Å². The van der Waals surface area contributed by atoms with Crippen molar-refractivity contribution in [3.05, 3.63) is 30.1 Å². The molecule has 2 saturated heterocycles. The number of halogens is 1. The summed E-state index contributed by atoms with van der Waals surface area (Å²) in [5, 5.41) is 2.73. The van der Waals surface area contributed by atoms with Gasteiger partial charge in [-0.25, -0.2) is 9.18 Å². The molecule has 3 rings (SSSR count). The largest absolute Gasteiger partial charge is 0.379 e. The maximum Gasteiger partial charge on any atom is 0.322 e. The summed E-state index contributed by atoms with van der Waals surface area (Å²) in [6.07, 6.45) is 0.967. The Hall–Kier alpha value is -1.31. The SMILES string of the molecule is O=C(Nc1ccccc1F)N1CCCSC[C@H]1CN1CCOCC1. The summed E-state index contributed by atoms with van der Waals surface area (Å²) in [4.78, 5) is 16.9. The van der Waals surface area contributed by atoms with Gasteiger partial charge < -0.3 is 15.0 Å². The highest BCUT2D eigenvalue weighted by Crippen LogP contribution is 2.20. The van der Waals surface area contributed by atoms with Crippen molar-refractivity contribution in [1.82, 2.24) is 9.80 Å². The smallest absolute Gasteiger partial charge is 0.322 e. The Labute approximate surface area is 146 Å². The van der Waals surface area contributed by atoms with E-state index in [1.807, 2.05) is 16.7 Å². The van der Waals surface area contributed by atoms with Gasteiger partial charge in [0.05, 0.1) is 24.9 Å². The van der Waals surface area contributed by atoms with Gasteiger partial charge in [-0.15, -0.1) is 0 Å². The number of hydrogen-bond donors (Lipinski definition) is 1. The molecular formula is C17H24FN3O2S. The van der Waals surface area contributed by atoms with Gasteiger partial charge in [0, 0.05) is 31.9 Å². The van der Waals surface area contributed by atoms with Gasteiger partial charge in [0.25, 0.3) is 0 Å². The first-order valence-corrected chi connectivity index (χ1v) is 9.59. The number of ether oxygens (including phenoxy) is 1. The summed E-state index contributed by atoms with van der Waals surface area (Å²) in [6.45, 7) is 4.87. The molecule has 0 aromatic heterocycles. The predicted octanol–water partition coefficient (Wildman–Crippen LogP) is 2.50. The van der Waals surface area contributed by atoms with Gasteiger partial charge in [0.1, 0.15) is 5.82 Å². The summed E-state index contributed by atoms with van der Waals surface area (Å²) in [6, 6.07) is 6.23. The molecule has 2 aliphatic heterocycles. The van der Waals surface area contributed by atoms with Crippen LogP contribution in [0.1, 0.15) is 6.42 Å². The van der Waals surface area contributed by atoms with Gasteiger partial charge in [0.15, 0.2) is 0 Å². The van der Waals surface area contributed by atoms with Crippen LogP contribution in [0.2, 0.25) is 0 Å². The van der Waals surface area contributed by atoms with Crippen molar-refractivity contribution in [2.45, 2.75) is 12.5 Å². The van der Waals surface area contributed by atoms with Gasteiger partial charge >= 0.3 is 6.03 Å². The molecule has 0 aliphatic carbocycles. The first kappa shape index (κ1) is 17.5. The van der Waals surface area contributed by atoms with Gasteiger partial charge in [0.2, 0.25) is 0 Å². The van der Waals surface area contributed by atoms with Crippen LogP contribution in [0.4, 0.5) is 14.9 Å². The standard InChI is InChI=1S/C17H24FN3O2S/c18-15-4-1-2-5-16(15)19-17(22)21-6-3-11-24-13-14(21)12-20-7-9-23-10-8-20/h1-2,4-5,14H,3,6-13H2,(H,19,22)/t14-/m1/s1. The number of morpholine rings is 1. The summed E-state index contributed by atoms with van der Waals surface area (Å²) in [7, 11) is 0. The highest BCUT2D eigenvalue weighted by molar-refractivity contribution is 7.99. The third-order valence-corrected chi connectivity index (χ3v) is 5.59. The topological polar surface area (TPSA) is 44.8 Å². The maximum absolute atomic E-state index is 13.8. The number of para-hydroxylation sites is 1. The number of nitrogens with zero attached hydrogens (tertiary/aromatic N) is 2. The second-order valence-electron chi connectivity index (χ2n) is 6.10. The van der Waals surface area contributed by atoms with Crippen LogP contribution in [-0.4, -0.2) is 72.8 Å². The molecule has 0 bridgehead atoms. The first-order chi connectivity index (χ1) is 11.7. The zero-order valence-corrected chi connectivity index (χ0v) is 14.6. The molecule has 1 aromatic carbocycles. The van der Waals surface area contributed by atoms with E-state index >= 15 is 0 Å². The molecule has 1 aromatic rings. The molecule has 2 fully saturated rings. The number of rotatable bonds is 3. The molecule has 0 unspecified atom stereocenters. The van der Waals surface area contributed by atoms with Crippen LogP contribution in [0.15, 0.2) is 24.3 Å². The highest BCUT2D eigenvalue weighted by Gasteiger charge is 2.28. The van der Waals surface area contributed by atoms with Crippen molar-refractivity contribution in [3.8, 4) is 0 Å². The Bertz CT molecular complexity index is 554. The second-order valence-corrected chi connectivity index (χ2v) is 7.25. The van der Waals surface area contributed by atoms with E-state index in [1.54, 1.807) is 18.2 Å². The minimum Gasteiger partial charge on any atom is -0.379 e. The molecule has 24 heavy (non-hydrogen) atoms. The Morgan fingerprint density at radius 1 is 1.29 bits per heavy atom. The number of carbonyl (C=O) groups excluding carboxylic acids is 1. The monoisotopic (exact) mass is 353 g/mol. The summed E-state index contributed by atoms with van der Waals surface area (Å²) < 4.78 is 19.2. The molecule has 1 N–H and O–H groups in total. The minimum absolute atomic E-state index is 0.141. The fourth-order valence-corrected chi connectivity index (χ4v) is 4.14. The summed E-state index contributed by atoms with van der Waals surface area (Å²) in [5.74, 6) is 1.57. The predicted molar refractivity (Wildman–Crippen MR) is 95.1 cm³/mol. The highest BCUT2D eigenvalue weighted by atomic mass is 32.2. The Balaban J connectivity index is 1.66. The quantitative estimate of drug-likeness (QED) is 0.907. The van der Waals surface area contributed by atoms with Crippen molar-refractivity contribution in [2.75, 3.05) is 56.2 Å².